The number of carbonyl (C=O) groups excluding carboxylic acids is 1. The Bertz CT molecular complexity index is 833. The molecule has 122 valence electrons. The lowest BCUT2D eigenvalue weighted by Gasteiger charge is -2.18. The Morgan fingerprint density at radius 2 is 1.79 bits per heavy atom. The number of benzene rings is 2. The first-order valence-corrected chi connectivity index (χ1v) is 7.60. The molecular formula is C18H16FN3O2. The van der Waals surface area contributed by atoms with Gasteiger partial charge in [-0.05, 0) is 24.6 Å². The molecule has 24 heavy (non-hydrogen) atoms. The minimum absolute atomic E-state index is 0.00721. The normalized spacial score (nSPS) is 10.6. The summed E-state index contributed by atoms with van der Waals surface area (Å²) in [6, 6.07) is 15.7. The summed E-state index contributed by atoms with van der Waals surface area (Å²) in [7, 11) is 0. The van der Waals surface area contributed by atoms with E-state index in [0.717, 1.165) is 5.56 Å². The van der Waals surface area contributed by atoms with Gasteiger partial charge in [-0.15, -0.1) is 10.2 Å². The van der Waals surface area contributed by atoms with Crippen LogP contribution in [0.2, 0.25) is 0 Å². The molecule has 1 aromatic heterocycles. The average molecular weight is 325 g/mol. The lowest BCUT2D eigenvalue weighted by molar-refractivity contribution is 0.0713. The number of rotatable bonds is 5. The van der Waals surface area contributed by atoms with Crippen molar-refractivity contribution in [2.45, 2.75) is 13.5 Å². The summed E-state index contributed by atoms with van der Waals surface area (Å²) in [5.41, 5.74) is 1.18. The number of hydrogen-bond donors (Lipinski definition) is 0. The van der Waals surface area contributed by atoms with Crippen LogP contribution < -0.4 is 0 Å². The Balaban J connectivity index is 1.81. The molecule has 5 nitrogen and oxygen atoms in total. The highest BCUT2D eigenvalue weighted by molar-refractivity contribution is 5.89. The molecule has 3 rings (SSSR count). The maximum absolute atomic E-state index is 13.8. The van der Waals surface area contributed by atoms with Crippen LogP contribution in [-0.4, -0.2) is 27.5 Å². The van der Waals surface area contributed by atoms with Gasteiger partial charge in [0, 0.05) is 13.1 Å². The van der Waals surface area contributed by atoms with E-state index in [1.54, 1.807) is 17.0 Å². The van der Waals surface area contributed by atoms with E-state index in [0.29, 0.717) is 13.1 Å². The SMILES string of the molecule is CCN(Cc1ccccc1)C(=O)c1nnc(-c2ccccc2F)o1. The van der Waals surface area contributed by atoms with Gasteiger partial charge in [-0.2, -0.15) is 0 Å². The van der Waals surface area contributed by atoms with Crippen molar-refractivity contribution in [3.05, 3.63) is 71.9 Å². The number of aromatic nitrogens is 2. The quantitative estimate of drug-likeness (QED) is 0.720. The predicted molar refractivity (Wildman–Crippen MR) is 86.5 cm³/mol. The fourth-order valence-corrected chi connectivity index (χ4v) is 2.32. The summed E-state index contributed by atoms with van der Waals surface area (Å²) in [5.74, 6) is -1.01. The van der Waals surface area contributed by atoms with Crippen LogP contribution in [0.15, 0.2) is 59.0 Å². The van der Waals surface area contributed by atoms with Crippen molar-refractivity contribution >= 4 is 5.91 Å². The molecule has 0 saturated carbocycles. The van der Waals surface area contributed by atoms with Crippen LogP contribution in [0.3, 0.4) is 0 Å². The zero-order chi connectivity index (χ0) is 16.9. The molecule has 1 amide bonds. The number of carbonyl (C=O) groups is 1. The van der Waals surface area contributed by atoms with Crippen molar-refractivity contribution in [2.24, 2.45) is 0 Å². The highest BCUT2D eigenvalue weighted by atomic mass is 19.1. The van der Waals surface area contributed by atoms with Crippen molar-refractivity contribution in [2.75, 3.05) is 6.54 Å². The van der Waals surface area contributed by atoms with Crippen LogP contribution in [0.4, 0.5) is 4.39 Å². The lowest BCUT2D eigenvalue weighted by Crippen LogP contribution is -2.30. The van der Waals surface area contributed by atoms with E-state index in [4.69, 9.17) is 4.42 Å². The van der Waals surface area contributed by atoms with Crippen LogP contribution in [0.5, 0.6) is 0 Å². The van der Waals surface area contributed by atoms with Crippen LogP contribution in [0.25, 0.3) is 11.5 Å². The highest BCUT2D eigenvalue weighted by Crippen LogP contribution is 2.21. The molecule has 0 aliphatic heterocycles. The van der Waals surface area contributed by atoms with E-state index in [1.165, 1.54) is 12.1 Å². The monoisotopic (exact) mass is 325 g/mol. The molecule has 0 atom stereocenters. The third-order valence-electron chi connectivity index (χ3n) is 3.60. The standard InChI is InChI=1S/C18H16FN3O2/c1-2-22(12-13-8-4-3-5-9-13)18(23)17-21-20-16(24-17)14-10-6-7-11-15(14)19/h3-11H,2,12H2,1H3. The van der Waals surface area contributed by atoms with E-state index in [-0.39, 0.29) is 23.3 Å². The highest BCUT2D eigenvalue weighted by Gasteiger charge is 2.22. The second kappa shape index (κ2) is 7.04. The first kappa shape index (κ1) is 15.9. The zero-order valence-electron chi connectivity index (χ0n) is 13.1. The summed E-state index contributed by atoms with van der Waals surface area (Å²) in [4.78, 5) is 14.1. The molecule has 0 aliphatic carbocycles. The van der Waals surface area contributed by atoms with Crippen LogP contribution in [-0.2, 0) is 6.54 Å². The fourth-order valence-electron chi connectivity index (χ4n) is 2.32. The Hall–Kier alpha value is -3.02. The van der Waals surface area contributed by atoms with E-state index < -0.39 is 5.82 Å². The molecule has 0 N–H and O–H groups in total. The van der Waals surface area contributed by atoms with Gasteiger partial charge in [0.05, 0.1) is 5.56 Å². The van der Waals surface area contributed by atoms with Crippen LogP contribution in [0, 0.1) is 5.82 Å². The molecule has 0 fully saturated rings. The molecule has 1 heterocycles. The number of nitrogens with zero attached hydrogens (tertiary/aromatic N) is 3. The predicted octanol–water partition coefficient (Wildman–Crippen LogP) is 3.54. The van der Waals surface area contributed by atoms with Gasteiger partial charge in [0.2, 0.25) is 0 Å². The Morgan fingerprint density at radius 3 is 2.50 bits per heavy atom. The minimum atomic E-state index is -0.475. The smallest absolute Gasteiger partial charge is 0.311 e. The largest absolute Gasteiger partial charge is 0.412 e. The molecule has 0 spiro atoms. The fraction of sp³-hybridized carbons (Fsp3) is 0.167. The second-order valence-electron chi connectivity index (χ2n) is 5.20. The number of hydrogen-bond acceptors (Lipinski definition) is 4. The van der Waals surface area contributed by atoms with Crippen molar-refractivity contribution < 1.29 is 13.6 Å². The van der Waals surface area contributed by atoms with Crippen LogP contribution >= 0.6 is 0 Å². The molecule has 2 aromatic carbocycles. The van der Waals surface area contributed by atoms with Gasteiger partial charge in [0.25, 0.3) is 5.89 Å². The van der Waals surface area contributed by atoms with E-state index in [1.807, 2.05) is 37.3 Å². The van der Waals surface area contributed by atoms with Crippen molar-refractivity contribution in [1.29, 1.82) is 0 Å². The van der Waals surface area contributed by atoms with Crippen molar-refractivity contribution in [3.63, 3.8) is 0 Å². The first-order valence-electron chi connectivity index (χ1n) is 7.60. The third kappa shape index (κ3) is 3.32. The van der Waals surface area contributed by atoms with E-state index in [9.17, 15) is 9.18 Å². The summed E-state index contributed by atoms with van der Waals surface area (Å²) < 4.78 is 19.2. The summed E-state index contributed by atoms with van der Waals surface area (Å²) in [6.45, 7) is 2.80. The Morgan fingerprint density at radius 1 is 1.08 bits per heavy atom. The summed E-state index contributed by atoms with van der Waals surface area (Å²) in [5, 5.41) is 7.56. The lowest BCUT2D eigenvalue weighted by atomic mass is 10.2. The van der Waals surface area contributed by atoms with E-state index in [2.05, 4.69) is 10.2 Å². The minimum Gasteiger partial charge on any atom is -0.412 e. The van der Waals surface area contributed by atoms with Crippen molar-refractivity contribution in [3.8, 4) is 11.5 Å². The average Bonchev–Trinajstić information content (AvgIpc) is 3.10. The van der Waals surface area contributed by atoms with Gasteiger partial charge in [-0.3, -0.25) is 4.79 Å². The zero-order valence-corrected chi connectivity index (χ0v) is 13.1. The van der Waals surface area contributed by atoms with Crippen LogP contribution in [0.1, 0.15) is 23.2 Å². The molecular weight excluding hydrogens is 309 g/mol. The topological polar surface area (TPSA) is 59.2 Å². The Labute approximate surface area is 138 Å². The van der Waals surface area contributed by atoms with Gasteiger partial charge in [0.1, 0.15) is 5.82 Å². The first-order chi connectivity index (χ1) is 11.7. The molecule has 0 unspecified atom stereocenters. The van der Waals surface area contributed by atoms with Gasteiger partial charge in [-0.1, -0.05) is 42.5 Å². The van der Waals surface area contributed by atoms with E-state index >= 15 is 0 Å². The van der Waals surface area contributed by atoms with Gasteiger partial charge < -0.3 is 9.32 Å². The molecule has 6 heteroatoms. The number of amides is 1. The molecule has 0 saturated heterocycles. The third-order valence-corrected chi connectivity index (χ3v) is 3.60. The maximum Gasteiger partial charge on any atom is 0.311 e. The molecule has 0 radical (unpaired) electrons. The molecule has 3 aromatic rings. The van der Waals surface area contributed by atoms with Gasteiger partial charge >= 0.3 is 11.8 Å². The van der Waals surface area contributed by atoms with Gasteiger partial charge in [0.15, 0.2) is 0 Å². The number of halogens is 1. The molecule has 0 bridgehead atoms. The van der Waals surface area contributed by atoms with Crippen molar-refractivity contribution in [1.82, 2.24) is 15.1 Å². The summed E-state index contributed by atoms with van der Waals surface area (Å²) >= 11 is 0. The summed E-state index contributed by atoms with van der Waals surface area (Å²) in [6.07, 6.45) is 0. The maximum atomic E-state index is 13.8. The second-order valence-corrected chi connectivity index (χ2v) is 5.20. The molecule has 0 aliphatic rings. The Kier molecular flexibility index (Phi) is 4.65. The van der Waals surface area contributed by atoms with Gasteiger partial charge in [-0.25, -0.2) is 4.39 Å².